The molecule has 0 aromatic heterocycles. The van der Waals surface area contributed by atoms with Crippen molar-refractivity contribution in [1.29, 1.82) is 0 Å². The predicted octanol–water partition coefficient (Wildman–Crippen LogP) is 2.41. The minimum atomic E-state index is -0.446. The van der Waals surface area contributed by atoms with E-state index < -0.39 is 11.8 Å². The Kier molecular flexibility index (Phi) is 4.23. The van der Waals surface area contributed by atoms with Crippen molar-refractivity contribution in [3.05, 3.63) is 29.8 Å². The van der Waals surface area contributed by atoms with Gasteiger partial charge in [-0.05, 0) is 30.9 Å². The van der Waals surface area contributed by atoms with Crippen molar-refractivity contribution in [3.8, 4) is 0 Å². The summed E-state index contributed by atoms with van der Waals surface area (Å²) in [6.07, 6.45) is 7.58. The van der Waals surface area contributed by atoms with E-state index in [1.165, 1.54) is 12.8 Å². The molecule has 1 aromatic rings. The molecule has 4 nitrogen and oxygen atoms in total. The standard InChI is InChI=1S/C17H22N2O2/c20-16(18-14-8-3-1-2-4-9-14)17(21)19-12-11-13-7-5-6-10-15(13)19/h5-7,10,14H,1-4,8-9,11-12H2,(H,18,20). The number of hydrogen-bond acceptors (Lipinski definition) is 2. The lowest BCUT2D eigenvalue weighted by atomic mass is 10.1. The number of carbonyl (C=O) groups excluding carboxylic acids is 2. The molecule has 1 heterocycles. The van der Waals surface area contributed by atoms with Crippen molar-refractivity contribution >= 4 is 17.5 Å². The average molecular weight is 286 g/mol. The van der Waals surface area contributed by atoms with Crippen LogP contribution in [0.1, 0.15) is 44.1 Å². The second-order valence-corrected chi connectivity index (χ2v) is 6.00. The molecule has 1 aliphatic carbocycles. The van der Waals surface area contributed by atoms with Crippen molar-refractivity contribution in [2.75, 3.05) is 11.4 Å². The highest BCUT2D eigenvalue weighted by molar-refractivity contribution is 6.40. The predicted molar refractivity (Wildman–Crippen MR) is 82.1 cm³/mol. The van der Waals surface area contributed by atoms with Gasteiger partial charge in [-0.15, -0.1) is 0 Å². The van der Waals surface area contributed by atoms with E-state index in [-0.39, 0.29) is 6.04 Å². The number of hydrogen-bond donors (Lipinski definition) is 1. The van der Waals surface area contributed by atoms with Gasteiger partial charge in [-0.25, -0.2) is 0 Å². The first-order valence-electron chi connectivity index (χ1n) is 7.96. The second kappa shape index (κ2) is 6.29. The lowest BCUT2D eigenvalue weighted by Gasteiger charge is -2.20. The molecule has 2 aliphatic rings. The fraction of sp³-hybridized carbons (Fsp3) is 0.529. The van der Waals surface area contributed by atoms with Crippen molar-refractivity contribution in [1.82, 2.24) is 5.32 Å². The van der Waals surface area contributed by atoms with Crippen LogP contribution in [-0.4, -0.2) is 24.4 Å². The number of nitrogens with zero attached hydrogens (tertiary/aromatic N) is 1. The minimum Gasteiger partial charge on any atom is -0.345 e. The molecule has 112 valence electrons. The Morgan fingerprint density at radius 1 is 1.05 bits per heavy atom. The number of amides is 2. The van der Waals surface area contributed by atoms with Crippen molar-refractivity contribution in [3.63, 3.8) is 0 Å². The van der Waals surface area contributed by atoms with Crippen LogP contribution < -0.4 is 10.2 Å². The summed E-state index contributed by atoms with van der Waals surface area (Å²) in [5.41, 5.74) is 2.03. The summed E-state index contributed by atoms with van der Waals surface area (Å²) in [4.78, 5) is 26.2. The molecule has 2 amide bonds. The Morgan fingerprint density at radius 2 is 1.76 bits per heavy atom. The molecule has 0 unspecified atom stereocenters. The molecular formula is C17H22N2O2. The van der Waals surface area contributed by atoms with Gasteiger partial charge >= 0.3 is 11.8 Å². The van der Waals surface area contributed by atoms with Gasteiger partial charge in [0.2, 0.25) is 0 Å². The van der Waals surface area contributed by atoms with E-state index in [2.05, 4.69) is 5.32 Å². The number of para-hydroxylation sites is 1. The quantitative estimate of drug-likeness (QED) is 0.636. The Labute approximate surface area is 125 Å². The van der Waals surface area contributed by atoms with Gasteiger partial charge in [0, 0.05) is 18.3 Å². The fourth-order valence-electron chi connectivity index (χ4n) is 3.34. The van der Waals surface area contributed by atoms with E-state index in [0.29, 0.717) is 6.54 Å². The lowest BCUT2D eigenvalue weighted by Crippen LogP contribution is -2.46. The first kappa shape index (κ1) is 14.1. The van der Waals surface area contributed by atoms with Crippen molar-refractivity contribution < 1.29 is 9.59 Å². The summed E-state index contributed by atoms with van der Waals surface area (Å²) in [7, 11) is 0. The monoisotopic (exact) mass is 286 g/mol. The van der Waals surface area contributed by atoms with Crippen molar-refractivity contribution in [2.45, 2.75) is 51.0 Å². The third kappa shape index (κ3) is 3.09. The molecule has 0 spiro atoms. The second-order valence-electron chi connectivity index (χ2n) is 6.00. The molecule has 1 saturated carbocycles. The van der Waals surface area contributed by atoms with Crippen LogP contribution in [0, 0.1) is 0 Å². The first-order valence-corrected chi connectivity index (χ1v) is 7.96. The molecule has 4 heteroatoms. The normalized spacial score (nSPS) is 19.0. The molecule has 21 heavy (non-hydrogen) atoms. The Bertz CT molecular complexity index is 533. The number of rotatable bonds is 1. The van der Waals surface area contributed by atoms with Crippen molar-refractivity contribution in [2.24, 2.45) is 0 Å². The topological polar surface area (TPSA) is 49.4 Å². The molecule has 3 rings (SSSR count). The highest BCUT2D eigenvalue weighted by atomic mass is 16.2. The van der Waals surface area contributed by atoms with Gasteiger partial charge in [0.25, 0.3) is 0 Å². The van der Waals surface area contributed by atoms with E-state index in [9.17, 15) is 9.59 Å². The van der Waals surface area contributed by atoms with Crippen LogP contribution in [0.2, 0.25) is 0 Å². The van der Waals surface area contributed by atoms with Crippen LogP contribution in [-0.2, 0) is 16.0 Å². The molecule has 0 atom stereocenters. The maximum Gasteiger partial charge on any atom is 0.316 e. The number of anilines is 1. The molecule has 1 aliphatic heterocycles. The summed E-state index contributed by atoms with van der Waals surface area (Å²) >= 11 is 0. The Hall–Kier alpha value is -1.84. The summed E-state index contributed by atoms with van der Waals surface area (Å²) in [5, 5.41) is 2.94. The molecule has 1 N–H and O–H groups in total. The third-order valence-electron chi connectivity index (χ3n) is 4.52. The van der Waals surface area contributed by atoms with Crippen LogP contribution in [0.25, 0.3) is 0 Å². The zero-order chi connectivity index (χ0) is 14.7. The van der Waals surface area contributed by atoms with E-state index in [1.807, 2.05) is 24.3 Å². The number of nitrogens with one attached hydrogen (secondary N) is 1. The van der Waals surface area contributed by atoms with Crippen LogP contribution in [0.4, 0.5) is 5.69 Å². The maximum absolute atomic E-state index is 12.4. The number of benzene rings is 1. The molecule has 1 fully saturated rings. The highest BCUT2D eigenvalue weighted by Gasteiger charge is 2.30. The van der Waals surface area contributed by atoms with E-state index in [1.54, 1.807) is 4.90 Å². The highest BCUT2D eigenvalue weighted by Crippen LogP contribution is 2.27. The van der Waals surface area contributed by atoms with Crippen LogP contribution in [0.15, 0.2) is 24.3 Å². The Balaban J connectivity index is 1.64. The smallest absolute Gasteiger partial charge is 0.316 e. The zero-order valence-corrected chi connectivity index (χ0v) is 12.3. The summed E-state index contributed by atoms with van der Waals surface area (Å²) in [6.45, 7) is 0.607. The van der Waals surface area contributed by atoms with Gasteiger partial charge in [0.1, 0.15) is 0 Å². The Morgan fingerprint density at radius 3 is 2.52 bits per heavy atom. The lowest BCUT2D eigenvalue weighted by molar-refractivity contribution is -0.138. The molecule has 0 radical (unpaired) electrons. The SMILES string of the molecule is O=C(NC1CCCCCC1)C(=O)N1CCc2ccccc21. The minimum absolute atomic E-state index is 0.168. The van der Waals surface area contributed by atoms with Gasteiger partial charge in [-0.2, -0.15) is 0 Å². The zero-order valence-electron chi connectivity index (χ0n) is 12.3. The van der Waals surface area contributed by atoms with Gasteiger partial charge in [0.05, 0.1) is 0 Å². The summed E-state index contributed by atoms with van der Waals surface area (Å²) in [6, 6.07) is 7.98. The number of carbonyl (C=O) groups is 2. The van der Waals surface area contributed by atoms with Crippen LogP contribution >= 0.6 is 0 Å². The molecular weight excluding hydrogens is 264 g/mol. The molecule has 1 aromatic carbocycles. The van der Waals surface area contributed by atoms with Gasteiger partial charge in [-0.1, -0.05) is 43.9 Å². The number of fused-ring (bicyclic) bond motifs is 1. The maximum atomic E-state index is 12.4. The van der Waals surface area contributed by atoms with E-state index in [0.717, 1.165) is 43.4 Å². The third-order valence-corrected chi connectivity index (χ3v) is 4.52. The summed E-state index contributed by atoms with van der Waals surface area (Å²) in [5.74, 6) is -0.859. The van der Waals surface area contributed by atoms with Gasteiger partial charge in [0.15, 0.2) is 0 Å². The molecule has 0 saturated heterocycles. The molecule has 0 bridgehead atoms. The van der Waals surface area contributed by atoms with E-state index >= 15 is 0 Å². The largest absolute Gasteiger partial charge is 0.345 e. The first-order chi connectivity index (χ1) is 10.3. The van der Waals surface area contributed by atoms with E-state index in [4.69, 9.17) is 0 Å². The average Bonchev–Trinajstić information content (AvgIpc) is 2.76. The van der Waals surface area contributed by atoms with Crippen LogP contribution in [0.3, 0.4) is 0 Å². The van der Waals surface area contributed by atoms with Crippen LogP contribution in [0.5, 0.6) is 0 Å². The van der Waals surface area contributed by atoms with Gasteiger partial charge in [-0.3, -0.25) is 9.59 Å². The summed E-state index contributed by atoms with van der Waals surface area (Å²) < 4.78 is 0. The van der Waals surface area contributed by atoms with Gasteiger partial charge < -0.3 is 10.2 Å². The fourth-order valence-corrected chi connectivity index (χ4v) is 3.34.